The van der Waals surface area contributed by atoms with Crippen molar-refractivity contribution in [2.45, 2.75) is 6.54 Å². The molecule has 0 atom stereocenters. The highest BCUT2D eigenvalue weighted by Gasteiger charge is 2.18. The molecule has 1 N–H and O–H groups in total. The fraction of sp³-hybridized carbons (Fsp3) is 0.364. The molecule has 0 radical (unpaired) electrons. The molecule has 0 spiro atoms. The summed E-state index contributed by atoms with van der Waals surface area (Å²) >= 11 is 0. The number of benzene rings is 2. The maximum Gasteiger partial charge on any atom is 0.234 e. The molecule has 2 aromatic rings. The first-order chi connectivity index (χ1) is 13.7. The molecule has 6 heteroatoms. The highest BCUT2D eigenvalue weighted by atomic mass is 16.5. The molecule has 1 fully saturated rings. The van der Waals surface area contributed by atoms with Gasteiger partial charge < -0.3 is 10.1 Å². The molecule has 0 bridgehead atoms. The van der Waals surface area contributed by atoms with E-state index in [2.05, 4.69) is 21.2 Å². The van der Waals surface area contributed by atoms with Gasteiger partial charge in [0.2, 0.25) is 5.91 Å². The van der Waals surface area contributed by atoms with Crippen molar-refractivity contribution in [1.29, 1.82) is 5.26 Å². The van der Waals surface area contributed by atoms with Gasteiger partial charge in [-0.3, -0.25) is 14.6 Å². The van der Waals surface area contributed by atoms with E-state index in [4.69, 9.17) is 10.00 Å². The third kappa shape index (κ3) is 6.38. The van der Waals surface area contributed by atoms with E-state index in [1.807, 2.05) is 42.5 Å². The molecule has 3 rings (SSSR count). The lowest BCUT2D eigenvalue weighted by Crippen LogP contribution is -2.50. The predicted molar refractivity (Wildman–Crippen MR) is 108 cm³/mol. The summed E-state index contributed by atoms with van der Waals surface area (Å²) < 4.78 is 5.74. The second kappa shape index (κ2) is 10.5. The van der Waals surface area contributed by atoms with Gasteiger partial charge in [0, 0.05) is 39.3 Å². The van der Waals surface area contributed by atoms with Crippen LogP contribution in [-0.4, -0.2) is 61.6 Å². The Kier molecular flexibility index (Phi) is 7.42. The van der Waals surface area contributed by atoms with Gasteiger partial charge >= 0.3 is 0 Å². The van der Waals surface area contributed by atoms with Crippen LogP contribution in [0.2, 0.25) is 0 Å². The standard InChI is InChI=1S/C22H26N4O2/c23-16-19-6-8-21(9-7-19)28-15-14-25-10-12-26(13-11-25)18-22(27)24-17-20-4-2-1-3-5-20/h1-9H,10-15,17-18H2,(H,24,27). The number of rotatable bonds is 8. The Morgan fingerprint density at radius 2 is 1.68 bits per heavy atom. The van der Waals surface area contributed by atoms with Gasteiger partial charge in [-0.25, -0.2) is 0 Å². The molecule has 0 saturated carbocycles. The molecule has 0 aromatic heterocycles. The topological polar surface area (TPSA) is 68.6 Å². The van der Waals surface area contributed by atoms with Crippen LogP contribution in [0.3, 0.4) is 0 Å². The lowest BCUT2D eigenvalue weighted by molar-refractivity contribution is -0.122. The van der Waals surface area contributed by atoms with Crippen LogP contribution in [0, 0.1) is 11.3 Å². The number of carbonyl (C=O) groups is 1. The van der Waals surface area contributed by atoms with Gasteiger partial charge in [0.05, 0.1) is 18.2 Å². The number of hydrogen-bond acceptors (Lipinski definition) is 5. The first-order valence-corrected chi connectivity index (χ1v) is 9.61. The Morgan fingerprint density at radius 3 is 2.36 bits per heavy atom. The number of hydrogen-bond donors (Lipinski definition) is 1. The van der Waals surface area contributed by atoms with Crippen LogP contribution in [0.5, 0.6) is 5.75 Å². The van der Waals surface area contributed by atoms with Crippen LogP contribution in [0.4, 0.5) is 0 Å². The van der Waals surface area contributed by atoms with E-state index in [-0.39, 0.29) is 5.91 Å². The van der Waals surface area contributed by atoms with Gasteiger partial charge in [0.15, 0.2) is 0 Å². The van der Waals surface area contributed by atoms with Crippen molar-refractivity contribution in [3.05, 3.63) is 65.7 Å². The SMILES string of the molecule is N#Cc1ccc(OCCN2CCN(CC(=O)NCc3ccccc3)CC2)cc1. The fourth-order valence-corrected chi connectivity index (χ4v) is 3.14. The lowest BCUT2D eigenvalue weighted by atomic mass is 10.2. The van der Waals surface area contributed by atoms with Crippen molar-refractivity contribution in [2.24, 2.45) is 0 Å². The first-order valence-electron chi connectivity index (χ1n) is 9.61. The molecule has 1 saturated heterocycles. The molecule has 1 heterocycles. The van der Waals surface area contributed by atoms with Gasteiger partial charge in [0.1, 0.15) is 12.4 Å². The van der Waals surface area contributed by atoms with Crippen LogP contribution >= 0.6 is 0 Å². The summed E-state index contributed by atoms with van der Waals surface area (Å²) in [6.07, 6.45) is 0. The predicted octanol–water partition coefficient (Wildman–Crippen LogP) is 1.87. The number of amides is 1. The number of nitriles is 1. The minimum absolute atomic E-state index is 0.0708. The number of piperazine rings is 1. The molecule has 0 unspecified atom stereocenters. The molecule has 6 nitrogen and oxygen atoms in total. The molecule has 0 aliphatic carbocycles. The molecule has 1 aliphatic heterocycles. The maximum atomic E-state index is 12.1. The maximum absolute atomic E-state index is 12.1. The zero-order valence-electron chi connectivity index (χ0n) is 16.0. The van der Waals surface area contributed by atoms with Gasteiger partial charge in [0.25, 0.3) is 0 Å². The van der Waals surface area contributed by atoms with Crippen molar-refractivity contribution in [3.63, 3.8) is 0 Å². The van der Waals surface area contributed by atoms with E-state index in [1.54, 1.807) is 12.1 Å². The van der Waals surface area contributed by atoms with Gasteiger partial charge in [-0.15, -0.1) is 0 Å². The second-order valence-electron chi connectivity index (χ2n) is 6.86. The van der Waals surface area contributed by atoms with Crippen molar-refractivity contribution in [2.75, 3.05) is 45.9 Å². The average molecular weight is 378 g/mol. The summed E-state index contributed by atoms with van der Waals surface area (Å²) in [6.45, 7) is 6.13. The zero-order valence-corrected chi connectivity index (χ0v) is 16.0. The highest BCUT2D eigenvalue weighted by molar-refractivity contribution is 5.78. The summed E-state index contributed by atoms with van der Waals surface area (Å²) in [5, 5.41) is 11.8. The Hall–Kier alpha value is -2.88. The quantitative estimate of drug-likeness (QED) is 0.760. The molecule has 1 aliphatic rings. The largest absolute Gasteiger partial charge is 0.492 e. The number of nitrogens with zero attached hydrogens (tertiary/aromatic N) is 3. The Labute approximate surface area is 166 Å². The molecular weight excluding hydrogens is 352 g/mol. The fourth-order valence-electron chi connectivity index (χ4n) is 3.14. The number of carbonyl (C=O) groups excluding carboxylic acids is 1. The third-order valence-electron chi connectivity index (χ3n) is 4.82. The highest BCUT2D eigenvalue weighted by Crippen LogP contribution is 2.11. The van der Waals surface area contributed by atoms with Crippen molar-refractivity contribution in [1.82, 2.24) is 15.1 Å². The van der Waals surface area contributed by atoms with Crippen LogP contribution < -0.4 is 10.1 Å². The summed E-state index contributed by atoms with van der Waals surface area (Å²) in [7, 11) is 0. The first kappa shape index (κ1) is 19.9. The molecule has 2 aromatic carbocycles. The molecule has 28 heavy (non-hydrogen) atoms. The summed E-state index contributed by atoms with van der Waals surface area (Å²) in [6, 6.07) is 19.2. The van der Waals surface area contributed by atoms with Gasteiger partial charge in [-0.1, -0.05) is 30.3 Å². The second-order valence-corrected chi connectivity index (χ2v) is 6.86. The number of nitrogens with one attached hydrogen (secondary N) is 1. The third-order valence-corrected chi connectivity index (χ3v) is 4.82. The Bertz CT molecular complexity index is 778. The monoisotopic (exact) mass is 378 g/mol. The summed E-state index contributed by atoms with van der Waals surface area (Å²) in [5.41, 5.74) is 1.75. The Morgan fingerprint density at radius 1 is 1.00 bits per heavy atom. The van der Waals surface area contributed by atoms with E-state index < -0.39 is 0 Å². The zero-order chi connectivity index (χ0) is 19.6. The van der Waals surface area contributed by atoms with Gasteiger partial charge in [-0.05, 0) is 29.8 Å². The molecule has 146 valence electrons. The normalized spacial score (nSPS) is 15.0. The van der Waals surface area contributed by atoms with Crippen molar-refractivity contribution < 1.29 is 9.53 Å². The minimum Gasteiger partial charge on any atom is -0.492 e. The van der Waals surface area contributed by atoms with Crippen LogP contribution in [0.15, 0.2) is 54.6 Å². The van der Waals surface area contributed by atoms with Gasteiger partial charge in [-0.2, -0.15) is 5.26 Å². The van der Waals surface area contributed by atoms with Crippen LogP contribution in [-0.2, 0) is 11.3 Å². The van der Waals surface area contributed by atoms with E-state index >= 15 is 0 Å². The smallest absolute Gasteiger partial charge is 0.234 e. The number of ether oxygens (including phenoxy) is 1. The average Bonchev–Trinajstić information content (AvgIpc) is 2.75. The van der Waals surface area contributed by atoms with E-state index in [9.17, 15) is 4.79 Å². The molecule has 1 amide bonds. The Balaban J connectivity index is 1.29. The summed E-state index contributed by atoms with van der Waals surface area (Å²) in [5.74, 6) is 0.856. The molecular formula is C22H26N4O2. The van der Waals surface area contributed by atoms with E-state index in [1.165, 1.54) is 0 Å². The minimum atomic E-state index is 0.0708. The van der Waals surface area contributed by atoms with Crippen LogP contribution in [0.25, 0.3) is 0 Å². The van der Waals surface area contributed by atoms with Crippen molar-refractivity contribution in [3.8, 4) is 11.8 Å². The van der Waals surface area contributed by atoms with Crippen LogP contribution in [0.1, 0.15) is 11.1 Å². The van der Waals surface area contributed by atoms with E-state index in [0.717, 1.165) is 44.0 Å². The summed E-state index contributed by atoms with van der Waals surface area (Å²) in [4.78, 5) is 16.7. The van der Waals surface area contributed by atoms with Crippen molar-refractivity contribution >= 4 is 5.91 Å². The van der Waals surface area contributed by atoms with E-state index in [0.29, 0.717) is 25.3 Å². The lowest BCUT2D eigenvalue weighted by Gasteiger charge is -2.34.